The van der Waals surface area contributed by atoms with E-state index in [1.54, 1.807) is 11.1 Å². The lowest BCUT2D eigenvalue weighted by Crippen LogP contribution is -2.44. The van der Waals surface area contributed by atoms with Crippen LogP contribution in [0.2, 0.25) is 0 Å². The van der Waals surface area contributed by atoms with Gasteiger partial charge in [0, 0.05) is 0 Å². The number of hydrogen-bond acceptors (Lipinski definition) is 2. The monoisotopic (exact) mass is 322 g/mol. The average Bonchev–Trinajstić information content (AvgIpc) is 3.28. The first-order valence-corrected chi connectivity index (χ1v) is 9.81. The molecule has 1 saturated heterocycles. The quantitative estimate of drug-likeness (QED) is 0.728. The largest absolute Gasteiger partial charge is 0.494 e. The molecule has 6 aliphatic carbocycles. The molecule has 1 spiro atoms. The van der Waals surface area contributed by atoms with Crippen molar-refractivity contribution < 1.29 is 9.31 Å². The topological polar surface area (TPSA) is 18.5 Å². The van der Waals surface area contributed by atoms with Gasteiger partial charge >= 0.3 is 7.12 Å². The van der Waals surface area contributed by atoms with E-state index in [1.165, 1.54) is 31.1 Å². The maximum absolute atomic E-state index is 6.30. The fourth-order valence-electron chi connectivity index (χ4n) is 6.61. The maximum atomic E-state index is 6.30. The van der Waals surface area contributed by atoms with Gasteiger partial charge in [0.05, 0.1) is 11.2 Å². The summed E-state index contributed by atoms with van der Waals surface area (Å²) in [5, 5.41) is 0. The van der Waals surface area contributed by atoms with Crippen LogP contribution in [0.1, 0.15) is 76.3 Å². The van der Waals surface area contributed by atoms with E-state index in [2.05, 4.69) is 45.9 Å². The number of hydrogen-bond donors (Lipinski definition) is 0. The van der Waals surface area contributed by atoms with Gasteiger partial charge in [0.2, 0.25) is 0 Å². The van der Waals surface area contributed by atoms with E-state index < -0.39 is 0 Å². The molecule has 2 nitrogen and oxygen atoms in total. The molecule has 3 atom stereocenters. The second kappa shape index (κ2) is 3.96. The van der Waals surface area contributed by atoms with Crippen LogP contribution in [-0.4, -0.2) is 18.3 Å². The van der Waals surface area contributed by atoms with Crippen molar-refractivity contribution in [2.45, 2.75) is 76.4 Å². The van der Waals surface area contributed by atoms with Crippen LogP contribution >= 0.6 is 0 Å². The molecular formula is C21H27BO2. The van der Waals surface area contributed by atoms with Crippen LogP contribution in [0.5, 0.6) is 0 Å². The molecule has 1 heterocycles. The maximum Gasteiger partial charge on any atom is 0.494 e. The molecule has 0 radical (unpaired) electrons. The number of benzene rings is 1. The summed E-state index contributed by atoms with van der Waals surface area (Å²) in [5.41, 5.74) is 4.74. The Morgan fingerprint density at radius 1 is 0.917 bits per heavy atom. The Labute approximate surface area is 145 Å². The van der Waals surface area contributed by atoms with Gasteiger partial charge in [-0.15, -0.1) is 0 Å². The second-order valence-corrected chi connectivity index (χ2v) is 10.1. The molecule has 0 N–H and O–H groups in total. The normalized spacial score (nSPS) is 45.2. The summed E-state index contributed by atoms with van der Waals surface area (Å²) in [7, 11) is -0.217. The van der Waals surface area contributed by atoms with Crippen molar-refractivity contribution in [2.75, 3.05) is 0 Å². The van der Waals surface area contributed by atoms with Crippen LogP contribution in [0.25, 0.3) is 0 Å². The van der Waals surface area contributed by atoms with Crippen molar-refractivity contribution in [3.8, 4) is 0 Å². The standard InChI is InChI=1S/C21H27BO2/c1-19(2)20(3,4)24-22(23-19)15-5-6-16-12-7-13-9-14(8-12)21(13)11-18(21)17(16)10-15/h5-6,10,12-14,18H,7-9,11H2,1-4H3. The van der Waals surface area contributed by atoms with E-state index in [4.69, 9.17) is 9.31 Å². The van der Waals surface area contributed by atoms with Crippen LogP contribution < -0.4 is 5.46 Å². The van der Waals surface area contributed by atoms with Gasteiger partial charge in [-0.2, -0.15) is 0 Å². The van der Waals surface area contributed by atoms with Crippen LogP contribution in [0.15, 0.2) is 18.2 Å². The fourth-order valence-corrected chi connectivity index (χ4v) is 6.61. The molecule has 7 aliphatic rings. The third-order valence-electron chi connectivity index (χ3n) is 8.73. The molecule has 1 aromatic carbocycles. The zero-order chi connectivity index (χ0) is 16.5. The summed E-state index contributed by atoms with van der Waals surface area (Å²) in [4.78, 5) is 0. The minimum absolute atomic E-state index is 0.217. The SMILES string of the molecule is CC1(C)OB(c2ccc3c(c2)C2CC24C2CC3CC4C2)OC1(C)C. The van der Waals surface area contributed by atoms with Crippen molar-refractivity contribution in [1.82, 2.24) is 0 Å². The summed E-state index contributed by atoms with van der Waals surface area (Å²) >= 11 is 0. The highest BCUT2D eigenvalue weighted by Crippen LogP contribution is 2.82. The van der Waals surface area contributed by atoms with Crippen molar-refractivity contribution >= 4 is 12.6 Å². The molecule has 126 valence electrons. The summed E-state index contributed by atoms with van der Waals surface area (Å²) in [6, 6.07) is 7.15. The summed E-state index contributed by atoms with van der Waals surface area (Å²) < 4.78 is 12.6. The first kappa shape index (κ1) is 14.4. The van der Waals surface area contributed by atoms with Crippen LogP contribution in [0, 0.1) is 17.3 Å². The van der Waals surface area contributed by atoms with Gasteiger partial charge in [0.25, 0.3) is 0 Å². The predicted octanol–water partition coefficient (Wildman–Crippen LogP) is 3.99. The predicted molar refractivity (Wildman–Crippen MR) is 95.5 cm³/mol. The van der Waals surface area contributed by atoms with E-state index in [9.17, 15) is 0 Å². The first-order chi connectivity index (χ1) is 11.3. The zero-order valence-electron chi connectivity index (χ0n) is 15.3. The van der Waals surface area contributed by atoms with Gasteiger partial charge in [0.1, 0.15) is 0 Å². The third-order valence-corrected chi connectivity index (χ3v) is 8.73. The highest BCUT2D eigenvalue weighted by molar-refractivity contribution is 6.62. The Balaban J connectivity index is 1.40. The smallest absolute Gasteiger partial charge is 0.399 e. The average molecular weight is 322 g/mol. The van der Waals surface area contributed by atoms with E-state index >= 15 is 0 Å². The Morgan fingerprint density at radius 3 is 2.25 bits per heavy atom. The molecular weight excluding hydrogens is 295 g/mol. The van der Waals surface area contributed by atoms with Gasteiger partial charge in [-0.3, -0.25) is 0 Å². The third kappa shape index (κ3) is 1.49. The van der Waals surface area contributed by atoms with Crippen molar-refractivity contribution in [3.05, 3.63) is 29.3 Å². The minimum Gasteiger partial charge on any atom is -0.399 e. The molecule has 4 saturated carbocycles. The molecule has 8 rings (SSSR count). The fraction of sp³-hybridized carbons (Fsp3) is 0.714. The molecule has 1 aliphatic heterocycles. The van der Waals surface area contributed by atoms with E-state index in [0.717, 1.165) is 29.1 Å². The molecule has 3 heteroatoms. The Morgan fingerprint density at radius 2 is 1.58 bits per heavy atom. The lowest BCUT2D eigenvalue weighted by atomic mass is 9.51. The molecule has 3 unspecified atom stereocenters. The summed E-state index contributed by atoms with van der Waals surface area (Å²) in [5.74, 6) is 3.72. The number of rotatable bonds is 1. The van der Waals surface area contributed by atoms with Crippen LogP contribution in [0.3, 0.4) is 0 Å². The van der Waals surface area contributed by atoms with Gasteiger partial charge < -0.3 is 9.31 Å². The van der Waals surface area contributed by atoms with Crippen LogP contribution in [0.4, 0.5) is 0 Å². The molecule has 0 amide bonds. The first-order valence-electron chi connectivity index (χ1n) is 9.81. The van der Waals surface area contributed by atoms with Gasteiger partial charge in [-0.05, 0) is 99.1 Å². The van der Waals surface area contributed by atoms with Crippen molar-refractivity contribution in [3.63, 3.8) is 0 Å². The lowest BCUT2D eigenvalue weighted by molar-refractivity contribution is -0.0212. The van der Waals surface area contributed by atoms with E-state index in [-0.39, 0.29) is 18.3 Å². The minimum atomic E-state index is -0.258. The van der Waals surface area contributed by atoms with Crippen molar-refractivity contribution in [1.29, 1.82) is 0 Å². The van der Waals surface area contributed by atoms with Gasteiger partial charge in [-0.1, -0.05) is 18.2 Å². The zero-order valence-corrected chi connectivity index (χ0v) is 15.3. The molecule has 1 aromatic rings. The van der Waals surface area contributed by atoms with Crippen LogP contribution in [-0.2, 0) is 9.31 Å². The Kier molecular flexibility index (Phi) is 2.37. The molecule has 4 bridgehead atoms. The Hall–Kier alpha value is -0.795. The molecule has 0 aromatic heterocycles. The van der Waals surface area contributed by atoms with E-state index in [0.29, 0.717) is 0 Å². The lowest BCUT2D eigenvalue weighted by Gasteiger charge is -2.53. The van der Waals surface area contributed by atoms with E-state index in [1.807, 2.05) is 0 Å². The summed E-state index contributed by atoms with van der Waals surface area (Å²) in [6.07, 6.45) is 5.88. The second-order valence-electron chi connectivity index (χ2n) is 10.1. The molecule has 5 fully saturated rings. The molecule has 24 heavy (non-hydrogen) atoms. The van der Waals surface area contributed by atoms with Crippen molar-refractivity contribution in [2.24, 2.45) is 17.3 Å². The van der Waals surface area contributed by atoms with Gasteiger partial charge in [0.15, 0.2) is 0 Å². The highest BCUT2D eigenvalue weighted by Gasteiger charge is 2.73. The van der Waals surface area contributed by atoms with Gasteiger partial charge in [-0.25, -0.2) is 0 Å². The Bertz CT molecular complexity index is 724. The highest BCUT2D eigenvalue weighted by atomic mass is 16.7. The summed E-state index contributed by atoms with van der Waals surface area (Å²) in [6.45, 7) is 8.56.